The van der Waals surface area contributed by atoms with Crippen molar-refractivity contribution in [2.24, 2.45) is 0 Å². The van der Waals surface area contributed by atoms with Crippen LogP contribution in [0.4, 0.5) is 17.6 Å². The zero-order chi connectivity index (χ0) is 14.2. The van der Waals surface area contributed by atoms with Crippen LogP contribution in [0.15, 0.2) is 30.3 Å². The molecule has 2 aromatic carbocycles. The molecule has 0 aliphatic rings. The number of benzene rings is 2. The van der Waals surface area contributed by atoms with E-state index in [0.29, 0.717) is 11.6 Å². The maximum absolute atomic E-state index is 13.6. The molecule has 1 N–H and O–H groups in total. The highest BCUT2D eigenvalue weighted by molar-refractivity contribution is 5.34. The van der Waals surface area contributed by atoms with Gasteiger partial charge in [-0.3, -0.25) is 0 Å². The highest BCUT2D eigenvalue weighted by Crippen LogP contribution is 2.28. The summed E-state index contributed by atoms with van der Waals surface area (Å²) >= 11 is 0. The van der Waals surface area contributed by atoms with Crippen LogP contribution < -0.4 is 0 Å². The number of aryl methyl sites for hydroxylation is 1. The van der Waals surface area contributed by atoms with Gasteiger partial charge in [0.05, 0.1) is 0 Å². The SMILES string of the molecule is Cc1ccc(C(O)c2ccc(F)c(F)c2F)c(F)c1. The average molecular weight is 270 g/mol. The van der Waals surface area contributed by atoms with E-state index in [1.807, 2.05) is 0 Å². The highest BCUT2D eigenvalue weighted by Gasteiger charge is 2.22. The Morgan fingerprint density at radius 3 is 2.11 bits per heavy atom. The van der Waals surface area contributed by atoms with Gasteiger partial charge in [-0.15, -0.1) is 0 Å². The Hall–Kier alpha value is -1.88. The van der Waals surface area contributed by atoms with E-state index in [4.69, 9.17) is 0 Å². The Morgan fingerprint density at radius 1 is 0.842 bits per heavy atom. The molecule has 1 unspecified atom stereocenters. The summed E-state index contributed by atoms with van der Waals surface area (Å²) in [6.07, 6.45) is -1.70. The van der Waals surface area contributed by atoms with Crippen molar-refractivity contribution < 1.29 is 22.7 Å². The summed E-state index contributed by atoms with van der Waals surface area (Å²) < 4.78 is 53.0. The van der Waals surface area contributed by atoms with Crippen molar-refractivity contribution in [2.75, 3.05) is 0 Å². The molecule has 0 spiro atoms. The van der Waals surface area contributed by atoms with Crippen LogP contribution >= 0.6 is 0 Å². The lowest BCUT2D eigenvalue weighted by molar-refractivity contribution is 0.207. The molecule has 0 fully saturated rings. The van der Waals surface area contributed by atoms with Crippen LogP contribution in [0, 0.1) is 30.2 Å². The largest absolute Gasteiger partial charge is 0.383 e. The first-order valence-electron chi connectivity index (χ1n) is 5.49. The van der Waals surface area contributed by atoms with Gasteiger partial charge in [0.2, 0.25) is 0 Å². The van der Waals surface area contributed by atoms with Crippen molar-refractivity contribution in [3.05, 3.63) is 70.3 Å². The second kappa shape index (κ2) is 5.01. The van der Waals surface area contributed by atoms with E-state index in [1.165, 1.54) is 12.1 Å². The van der Waals surface area contributed by atoms with Crippen LogP contribution in [0.2, 0.25) is 0 Å². The monoisotopic (exact) mass is 270 g/mol. The van der Waals surface area contributed by atoms with Gasteiger partial charge in [-0.05, 0) is 24.6 Å². The lowest BCUT2D eigenvalue weighted by atomic mass is 9.99. The van der Waals surface area contributed by atoms with Gasteiger partial charge in [0.1, 0.15) is 11.9 Å². The Morgan fingerprint density at radius 2 is 1.47 bits per heavy atom. The summed E-state index contributed by atoms with van der Waals surface area (Å²) in [7, 11) is 0. The molecule has 0 saturated heterocycles. The molecule has 5 heteroatoms. The topological polar surface area (TPSA) is 20.2 Å². The molecule has 0 bridgehead atoms. The zero-order valence-corrected chi connectivity index (χ0v) is 9.92. The van der Waals surface area contributed by atoms with Gasteiger partial charge in [0.25, 0.3) is 0 Å². The minimum atomic E-state index is -1.70. The predicted octanol–water partition coefficient (Wildman–Crippen LogP) is 3.63. The van der Waals surface area contributed by atoms with Crippen LogP contribution in [0.25, 0.3) is 0 Å². The third-order valence-corrected chi connectivity index (χ3v) is 2.81. The van der Waals surface area contributed by atoms with E-state index in [-0.39, 0.29) is 5.56 Å². The van der Waals surface area contributed by atoms with Gasteiger partial charge in [-0.1, -0.05) is 18.2 Å². The van der Waals surface area contributed by atoms with Gasteiger partial charge in [0.15, 0.2) is 17.5 Å². The molecule has 0 aromatic heterocycles. The molecule has 0 aliphatic heterocycles. The molecular weight excluding hydrogens is 260 g/mol. The predicted molar refractivity (Wildman–Crippen MR) is 61.5 cm³/mol. The summed E-state index contributed by atoms with van der Waals surface area (Å²) in [6.45, 7) is 1.65. The van der Waals surface area contributed by atoms with Crippen LogP contribution in [0.3, 0.4) is 0 Å². The third kappa shape index (κ3) is 2.46. The summed E-state index contributed by atoms with van der Waals surface area (Å²) in [5.41, 5.74) is -0.0867. The third-order valence-electron chi connectivity index (χ3n) is 2.81. The summed E-state index contributed by atoms with van der Waals surface area (Å²) in [4.78, 5) is 0. The average Bonchev–Trinajstić information content (AvgIpc) is 2.35. The van der Waals surface area contributed by atoms with Crippen LogP contribution in [0.5, 0.6) is 0 Å². The fraction of sp³-hybridized carbons (Fsp3) is 0.143. The second-order valence-electron chi connectivity index (χ2n) is 4.19. The first-order valence-corrected chi connectivity index (χ1v) is 5.49. The minimum absolute atomic E-state index is 0.199. The second-order valence-corrected chi connectivity index (χ2v) is 4.19. The molecule has 2 aromatic rings. The number of hydrogen-bond acceptors (Lipinski definition) is 1. The molecule has 0 saturated carbocycles. The van der Waals surface area contributed by atoms with E-state index in [1.54, 1.807) is 6.92 Å². The van der Waals surface area contributed by atoms with Crippen molar-refractivity contribution in [3.8, 4) is 0 Å². The standard InChI is InChI=1S/C14H10F4O/c1-7-2-3-8(11(16)6-7)14(19)9-4-5-10(15)13(18)12(9)17/h2-6,14,19H,1H3. The van der Waals surface area contributed by atoms with Crippen molar-refractivity contribution >= 4 is 0 Å². The maximum atomic E-state index is 13.6. The Balaban J connectivity index is 2.50. The number of aliphatic hydroxyl groups is 1. The van der Waals surface area contributed by atoms with E-state index in [2.05, 4.69) is 0 Å². The van der Waals surface area contributed by atoms with Crippen LogP contribution in [-0.2, 0) is 0 Å². The number of halogens is 4. The molecular formula is C14H10F4O. The minimum Gasteiger partial charge on any atom is -0.383 e. The fourth-order valence-electron chi connectivity index (χ4n) is 1.77. The van der Waals surface area contributed by atoms with E-state index in [0.717, 1.165) is 12.1 Å². The number of rotatable bonds is 2. The maximum Gasteiger partial charge on any atom is 0.194 e. The van der Waals surface area contributed by atoms with E-state index < -0.39 is 34.9 Å². The van der Waals surface area contributed by atoms with Gasteiger partial charge >= 0.3 is 0 Å². The molecule has 0 heterocycles. The van der Waals surface area contributed by atoms with Crippen molar-refractivity contribution in [1.82, 2.24) is 0 Å². The van der Waals surface area contributed by atoms with Gasteiger partial charge in [0, 0.05) is 11.1 Å². The summed E-state index contributed by atoms with van der Waals surface area (Å²) in [6, 6.07) is 5.53. The molecule has 0 radical (unpaired) electrons. The zero-order valence-electron chi connectivity index (χ0n) is 9.92. The Kier molecular flexibility index (Phi) is 3.57. The highest BCUT2D eigenvalue weighted by atomic mass is 19.2. The molecule has 100 valence electrons. The quantitative estimate of drug-likeness (QED) is 0.652. The smallest absolute Gasteiger partial charge is 0.194 e. The first kappa shape index (κ1) is 13.5. The van der Waals surface area contributed by atoms with Crippen LogP contribution in [0.1, 0.15) is 22.8 Å². The first-order chi connectivity index (χ1) is 8.91. The molecule has 19 heavy (non-hydrogen) atoms. The van der Waals surface area contributed by atoms with Crippen LogP contribution in [-0.4, -0.2) is 5.11 Å². The fourth-order valence-corrected chi connectivity index (χ4v) is 1.77. The van der Waals surface area contributed by atoms with Gasteiger partial charge < -0.3 is 5.11 Å². The van der Waals surface area contributed by atoms with Crippen molar-refractivity contribution in [1.29, 1.82) is 0 Å². The molecule has 0 aliphatic carbocycles. The molecule has 1 nitrogen and oxygen atoms in total. The molecule has 2 rings (SSSR count). The summed E-state index contributed by atoms with van der Waals surface area (Å²) in [5.74, 6) is -5.31. The lowest BCUT2D eigenvalue weighted by Crippen LogP contribution is -2.07. The van der Waals surface area contributed by atoms with E-state index >= 15 is 0 Å². The van der Waals surface area contributed by atoms with Gasteiger partial charge in [-0.2, -0.15) is 0 Å². The van der Waals surface area contributed by atoms with Gasteiger partial charge in [-0.25, -0.2) is 17.6 Å². The number of hydrogen-bond donors (Lipinski definition) is 1. The molecule has 1 atom stereocenters. The Labute approximate surface area is 107 Å². The lowest BCUT2D eigenvalue weighted by Gasteiger charge is -2.14. The van der Waals surface area contributed by atoms with Crippen molar-refractivity contribution in [3.63, 3.8) is 0 Å². The van der Waals surface area contributed by atoms with Crippen molar-refractivity contribution in [2.45, 2.75) is 13.0 Å². The Bertz CT molecular complexity index is 625. The number of aliphatic hydroxyl groups excluding tert-OH is 1. The van der Waals surface area contributed by atoms with E-state index in [9.17, 15) is 22.7 Å². The molecule has 0 amide bonds. The summed E-state index contributed by atoms with van der Waals surface area (Å²) in [5, 5.41) is 9.89. The normalized spacial score (nSPS) is 12.5.